The Labute approximate surface area is 404 Å². The SMILES string of the molecule is C1=CC2c3ccccc3N(c3ccccc3C3=CCCC=C3c3ccc(N(c4ccccc4-c4cccc5c4oc4ccccc45)C4C=C(c5ccccc5-c5ccccc5)C=CC4)cc3)C2C=C1. The Kier molecular flexibility index (Phi) is 10.3. The predicted molar refractivity (Wildman–Crippen MR) is 290 cm³/mol. The third-order valence-corrected chi connectivity index (χ3v) is 14.6. The number of hydrogen-bond donors (Lipinski definition) is 0. The maximum absolute atomic E-state index is 6.71. The van der Waals surface area contributed by atoms with Gasteiger partial charge in [-0.2, -0.15) is 0 Å². The van der Waals surface area contributed by atoms with Crippen LogP contribution in [0.2, 0.25) is 0 Å². The Morgan fingerprint density at radius 2 is 1.16 bits per heavy atom. The van der Waals surface area contributed by atoms with Gasteiger partial charge in [0, 0.05) is 56.1 Å². The monoisotopic (exact) mass is 886 g/mol. The molecule has 9 aromatic rings. The van der Waals surface area contributed by atoms with Crippen LogP contribution in [-0.4, -0.2) is 12.1 Å². The molecular formula is C66H50N2O. The van der Waals surface area contributed by atoms with Gasteiger partial charge in [-0.1, -0.05) is 212 Å². The molecule has 0 spiro atoms. The van der Waals surface area contributed by atoms with Gasteiger partial charge in [0.05, 0.1) is 12.1 Å². The molecule has 0 saturated heterocycles. The number of allylic oxidation sites excluding steroid dienone is 8. The normalized spacial score (nSPS) is 18.2. The highest BCUT2D eigenvalue weighted by Crippen LogP contribution is 2.51. The Morgan fingerprint density at radius 3 is 2.03 bits per heavy atom. The van der Waals surface area contributed by atoms with Crippen molar-refractivity contribution in [3.63, 3.8) is 0 Å². The number of nitrogens with zero attached hydrogens (tertiary/aromatic N) is 2. The highest BCUT2D eigenvalue weighted by atomic mass is 16.3. The number of anilines is 4. The second-order valence-corrected chi connectivity index (χ2v) is 18.5. The first-order chi connectivity index (χ1) is 34.3. The van der Waals surface area contributed by atoms with E-state index in [1.165, 1.54) is 61.5 Å². The van der Waals surface area contributed by atoms with Gasteiger partial charge in [-0.25, -0.2) is 0 Å². The summed E-state index contributed by atoms with van der Waals surface area (Å²) in [5.41, 5.74) is 20.2. The fourth-order valence-corrected chi connectivity index (χ4v) is 11.5. The summed E-state index contributed by atoms with van der Waals surface area (Å²) in [5, 5.41) is 2.26. The predicted octanol–water partition coefficient (Wildman–Crippen LogP) is 17.5. The van der Waals surface area contributed by atoms with E-state index in [0.717, 1.165) is 63.7 Å². The quantitative estimate of drug-likeness (QED) is 0.144. The third kappa shape index (κ3) is 7.12. The zero-order valence-electron chi connectivity index (χ0n) is 38.3. The molecule has 8 aromatic carbocycles. The van der Waals surface area contributed by atoms with Gasteiger partial charge in [0.15, 0.2) is 0 Å². The summed E-state index contributed by atoms with van der Waals surface area (Å²) in [6.07, 6.45) is 24.1. The number of hydrogen-bond acceptors (Lipinski definition) is 3. The summed E-state index contributed by atoms with van der Waals surface area (Å²) in [6, 6.07) is 71.0. The lowest BCUT2D eigenvalue weighted by molar-refractivity contribution is 0.670. The molecule has 1 aromatic heterocycles. The molecule has 3 atom stereocenters. The first-order valence-corrected chi connectivity index (χ1v) is 24.4. The highest BCUT2D eigenvalue weighted by Gasteiger charge is 2.38. The summed E-state index contributed by atoms with van der Waals surface area (Å²) in [5.74, 6) is 0.325. The molecule has 69 heavy (non-hydrogen) atoms. The molecule has 2 heterocycles. The smallest absolute Gasteiger partial charge is 0.143 e. The molecule has 0 N–H and O–H groups in total. The third-order valence-electron chi connectivity index (χ3n) is 14.6. The summed E-state index contributed by atoms with van der Waals surface area (Å²) in [4.78, 5) is 5.13. The molecule has 0 amide bonds. The lowest BCUT2D eigenvalue weighted by atomic mass is 9.86. The van der Waals surface area contributed by atoms with Crippen LogP contribution >= 0.6 is 0 Å². The maximum atomic E-state index is 6.71. The maximum Gasteiger partial charge on any atom is 0.143 e. The summed E-state index contributed by atoms with van der Waals surface area (Å²) < 4.78 is 6.71. The van der Waals surface area contributed by atoms with Crippen molar-refractivity contribution < 1.29 is 4.42 Å². The molecule has 0 saturated carbocycles. The van der Waals surface area contributed by atoms with Crippen LogP contribution in [0.4, 0.5) is 22.7 Å². The van der Waals surface area contributed by atoms with Crippen LogP contribution < -0.4 is 9.80 Å². The number of benzene rings is 8. The lowest BCUT2D eigenvalue weighted by Gasteiger charge is -2.35. The van der Waals surface area contributed by atoms with E-state index in [4.69, 9.17) is 4.42 Å². The van der Waals surface area contributed by atoms with Crippen molar-refractivity contribution in [2.24, 2.45) is 0 Å². The number of fused-ring (bicyclic) bond motifs is 6. The van der Waals surface area contributed by atoms with Crippen LogP contribution in [-0.2, 0) is 0 Å². The van der Waals surface area contributed by atoms with Gasteiger partial charge < -0.3 is 14.2 Å². The summed E-state index contributed by atoms with van der Waals surface area (Å²) in [7, 11) is 0. The van der Waals surface area contributed by atoms with Gasteiger partial charge in [-0.3, -0.25) is 0 Å². The van der Waals surface area contributed by atoms with Crippen molar-refractivity contribution in [3.8, 4) is 22.3 Å². The van der Waals surface area contributed by atoms with Crippen LogP contribution in [0.3, 0.4) is 0 Å². The van der Waals surface area contributed by atoms with Gasteiger partial charge in [0.25, 0.3) is 0 Å². The van der Waals surface area contributed by atoms with Gasteiger partial charge in [0.1, 0.15) is 11.2 Å². The van der Waals surface area contributed by atoms with E-state index in [2.05, 4.69) is 259 Å². The van der Waals surface area contributed by atoms with Crippen molar-refractivity contribution in [1.82, 2.24) is 0 Å². The van der Waals surface area contributed by atoms with E-state index < -0.39 is 0 Å². The average Bonchev–Trinajstić information content (AvgIpc) is 3.98. The number of furan rings is 1. The Morgan fingerprint density at radius 1 is 0.493 bits per heavy atom. The molecular weight excluding hydrogens is 837 g/mol. The second kappa shape index (κ2) is 17.4. The van der Waals surface area contributed by atoms with E-state index in [-0.39, 0.29) is 12.1 Å². The molecule has 3 aliphatic carbocycles. The Balaban J connectivity index is 0.921. The molecule has 3 heteroatoms. The zero-order valence-corrected chi connectivity index (χ0v) is 38.3. The molecule has 1 aliphatic heterocycles. The average molecular weight is 887 g/mol. The van der Waals surface area contributed by atoms with E-state index in [9.17, 15) is 0 Å². The Hall–Kier alpha value is -8.40. The van der Waals surface area contributed by atoms with Gasteiger partial charge in [-0.15, -0.1) is 0 Å². The number of para-hydroxylation sites is 5. The van der Waals surface area contributed by atoms with Gasteiger partial charge in [0.2, 0.25) is 0 Å². The van der Waals surface area contributed by atoms with Gasteiger partial charge in [-0.05, 0) is 100 Å². The molecule has 0 bridgehead atoms. The van der Waals surface area contributed by atoms with Crippen LogP contribution in [0.5, 0.6) is 0 Å². The van der Waals surface area contributed by atoms with E-state index >= 15 is 0 Å². The van der Waals surface area contributed by atoms with Crippen LogP contribution in [0.1, 0.15) is 47.4 Å². The van der Waals surface area contributed by atoms with Gasteiger partial charge >= 0.3 is 0 Å². The number of rotatable bonds is 9. The molecule has 330 valence electrons. The molecule has 13 rings (SSSR count). The van der Waals surface area contributed by atoms with Crippen molar-refractivity contribution >= 4 is 61.4 Å². The summed E-state index contributed by atoms with van der Waals surface area (Å²) in [6.45, 7) is 0. The first kappa shape index (κ1) is 40.8. The molecule has 4 aliphatic rings. The molecule has 3 nitrogen and oxygen atoms in total. The molecule has 0 radical (unpaired) electrons. The van der Waals surface area contributed by atoms with Crippen LogP contribution in [0.15, 0.2) is 253 Å². The van der Waals surface area contributed by atoms with Crippen LogP contribution in [0, 0.1) is 0 Å². The zero-order chi connectivity index (χ0) is 45.7. The first-order valence-electron chi connectivity index (χ1n) is 24.4. The van der Waals surface area contributed by atoms with E-state index in [1.54, 1.807) is 0 Å². The van der Waals surface area contributed by atoms with Crippen molar-refractivity contribution in [3.05, 3.63) is 271 Å². The van der Waals surface area contributed by atoms with E-state index in [0.29, 0.717) is 5.92 Å². The van der Waals surface area contributed by atoms with Crippen molar-refractivity contribution in [2.75, 3.05) is 9.80 Å². The lowest BCUT2D eigenvalue weighted by Crippen LogP contribution is -2.30. The van der Waals surface area contributed by atoms with Crippen LogP contribution in [0.25, 0.3) is 60.9 Å². The minimum absolute atomic E-state index is 0.0165. The van der Waals surface area contributed by atoms with Crippen molar-refractivity contribution in [2.45, 2.75) is 37.3 Å². The van der Waals surface area contributed by atoms with E-state index in [1.807, 2.05) is 0 Å². The highest BCUT2D eigenvalue weighted by molar-refractivity contribution is 6.11. The Bertz CT molecular complexity index is 3620. The fourth-order valence-electron chi connectivity index (χ4n) is 11.5. The molecule has 0 fully saturated rings. The minimum atomic E-state index is 0.0165. The topological polar surface area (TPSA) is 19.6 Å². The summed E-state index contributed by atoms with van der Waals surface area (Å²) >= 11 is 0. The standard InChI is InChI=1S/C66H50N2O/c1-2-20-45(21-3-1)50-24-4-5-26-52(50)47-22-18-23-49(44-47)67(61-35-13-11-31-57(61)59-33-19-34-60-58-32-12-17-39-65(58)69-66(59)60)48-42-40-46(41-43-48)51-25-6-7-27-53(51)54-28-8-14-36-62(54)68-63-37-15-9-29-55(63)56-30-10-16-38-64(56)68/h1-5,8-22,24-44,49,55,63H,6-7,23H2. The minimum Gasteiger partial charge on any atom is -0.455 e. The largest absolute Gasteiger partial charge is 0.455 e. The molecule has 3 unspecified atom stereocenters. The fraction of sp³-hybridized carbons (Fsp3) is 0.0909. The second-order valence-electron chi connectivity index (χ2n) is 18.5. The van der Waals surface area contributed by atoms with Crippen molar-refractivity contribution in [1.29, 1.82) is 0 Å².